The number of carbonyl (C=O) groups excluding carboxylic acids is 1. The average molecular weight is 418 g/mol. The Kier molecular flexibility index (Phi) is 7.09. The minimum Gasteiger partial charge on any atom is -0.443 e. The second-order valence-electron chi connectivity index (χ2n) is 6.54. The van der Waals surface area contributed by atoms with Crippen LogP contribution in [0.5, 0.6) is 0 Å². The van der Waals surface area contributed by atoms with Gasteiger partial charge in [0.15, 0.2) is 5.96 Å². The highest BCUT2D eigenvalue weighted by molar-refractivity contribution is 5.87. The number of ether oxygens (including phenoxy) is 3. The molecule has 4 N–H and O–H groups in total. The summed E-state index contributed by atoms with van der Waals surface area (Å²) in [5.41, 5.74) is 11.2. The van der Waals surface area contributed by atoms with Crippen molar-refractivity contribution in [2.75, 3.05) is 38.3 Å². The number of benzene rings is 1. The fourth-order valence-electron chi connectivity index (χ4n) is 3.00. The number of anilines is 1. The number of guanidine groups is 1. The summed E-state index contributed by atoms with van der Waals surface area (Å²) in [6.45, 7) is 1.99. The topological polar surface area (TPSA) is 138 Å². The third-order valence-electron chi connectivity index (χ3n) is 4.37. The molecule has 1 unspecified atom stereocenters. The Morgan fingerprint density at radius 1 is 1.37 bits per heavy atom. The SMILES string of the molecule is COCC1CN(c2ncc(-c3cccc(COC(=O)N=C(N)N)c3F)cn2)CCO1. The summed E-state index contributed by atoms with van der Waals surface area (Å²) >= 11 is 0. The van der Waals surface area contributed by atoms with Gasteiger partial charge in [0.1, 0.15) is 12.4 Å². The molecule has 1 aliphatic heterocycles. The first-order valence-electron chi connectivity index (χ1n) is 9.19. The van der Waals surface area contributed by atoms with Crippen LogP contribution in [-0.2, 0) is 20.8 Å². The smallest absolute Gasteiger partial charge is 0.437 e. The second-order valence-corrected chi connectivity index (χ2v) is 6.54. The van der Waals surface area contributed by atoms with Gasteiger partial charge in [-0.05, 0) is 0 Å². The van der Waals surface area contributed by atoms with Crippen molar-refractivity contribution in [2.24, 2.45) is 16.5 Å². The lowest BCUT2D eigenvalue weighted by molar-refractivity contribution is -0.0104. The Labute approximate surface area is 172 Å². The van der Waals surface area contributed by atoms with Gasteiger partial charge in [-0.3, -0.25) is 0 Å². The number of nitrogens with two attached hydrogens (primary N) is 2. The summed E-state index contributed by atoms with van der Waals surface area (Å²) < 4.78 is 30.5. The Morgan fingerprint density at radius 3 is 2.83 bits per heavy atom. The van der Waals surface area contributed by atoms with Crippen LogP contribution < -0.4 is 16.4 Å². The van der Waals surface area contributed by atoms with E-state index in [1.54, 1.807) is 31.6 Å². The predicted octanol–water partition coefficient (Wildman–Crippen LogP) is 1.04. The van der Waals surface area contributed by atoms with Crippen LogP contribution in [0.2, 0.25) is 0 Å². The first-order chi connectivity index (χ1) is 14.5. The van der Waals surface area contributed by atoms with Crippen LogP contribution in [-0.4, -0.2) is 61.5 Å². The summed E-state index contributed by atoms with van der Waals surface area (Å²) in [5, 5.41) is 0. The molecule has 30 heavy (non-hydrogen) atoms. The van der Waals surface area contributed by atoms with Gasteiger partial charge in [-0.2, -0.15) is 0 Å². The predicted molar refractivity (Wildman–Crippen MR) is 107 cm³/mol. The number of halogens is 1. The van der Waals surface area contributed by atoms with Gasteiger partial charge in [0, 0.05) is 49.3 Å². The Bertz CT molecular complexity index is 902. The van der Waals surface area contributed by atoms with E-state index >= 15 is 0 Å². The maximum Gasteiger partial charge on any atom is 0.437 e. The van der Waals surface area contributed by atoms with Crippen molar-refractivity contribution in [1.82, 2.24) is 9.97 Å². The highest BCUT2D eigenvalue weighted by atomic mass is 19.1. The van der Waals surface area contributed by atoms with Crippen LogP contribution in [0, 0.1) is 5.82 Å². The first-order valence-corrected chi connectivity index (χ1v) is 9.19. The van der Waals surface area contributed by atoms with E-state index in [2.05, 4.69) is 15.0 Å². The number of rotatable bonds is 6. The molecule has 1 atom stereocenters. The van der Waals surface area contributed by atoms with Crippen LogP contribution >= 0.6 is 0 Å². The van der Waals surface area contributed by atoms with Gasteiger partial charge >= 0.3 is 6.09 Å². The number of nitrogens with zero attached hydrogens (tertiary/aromatic N) is 4. The number of amides is 1. The number of carbonyl (C=O) groups is 1. The molecule has 160 valence electrons. The van der Waals surface area contributed by atoms with Crippen LogP contribution in [0.15, 0.2) is 35.6 Å². The second kappa shape index (κ2) is 9.94. The van der Waals surface area contributed by atoms with Crippen molar-refractivity contribution in [2.45, 2.75) is 12.7 Å². The lowest BCUT2D eigenvalue weighted by atomic mass is 10.1. The van der Waals surface area contributed by atoms with E-state index in [1.165, 1.54) is 6.07 Å². The van der Waals surface area contributed by atoms with Gasteiger partial charge in [0.25, 0.3) is 0 Å². The zero-order valence-electron chi connectivity index (χ0n) is 16.5. The molecule has 1 fully saturated rings. The molecule has 1 aromatic carbocycles. The molecule has 0 radical (unpaired) electrons. The van der Waals surface area contributed by atoms with E-state index in [0.717, 1.165) is 0 Å². The summed E-state index contributed by atoms with van der Waals surface area (Å²) in [6.07, 6.45) is 2.06. The molecule has 2 heterocycles. The van der Waals surface area contributed by atoms with Crippen LogP contribution in [0.25, 0.3) is 11.1 Å². The number of methoxy groups -OCH3 is 1. The normalized spacial score (nSPS) is 16.2. The Morgan fingerprint density at radius 2 is 2.13 bits per heavy atom. The molecular formula is C19H23FN6O4. The number of aromatic nitrogens is 2. The van der Waals surface area contributed by atoms with Gasteiger partial charge in [-0.1, -0.05) is 18.2 Å². The van der Waals surface area contributed by atoms with Crippen molar-refractivity contribution >= 4 is 18.0 Å². The van der Waals surface area contributed by atoms with Crippen molar-refractivity contribution in [3.05, 3.63) is 42.0 Å². The van der Waals surface area contributed by atoms with E-state index in [0.29, 0.717) is 37.8 Å². The molecule has 1 aromatic heterocycles. The van der Waals surface area contributed by atoms with E-state index < -0.39 is 17.9 Å². The molecule has 1 saturated heterocycles. The van der Waals surface area contributed by atoms with Crippen molar-refractivity contribution < 1.29 is 23.4 Å². The monoisotopic (exact) mass is 418 g/mol. The van der Waals surface area contributed by atoms with Gasteiger partial charge < -0.3 is 30.6 Å². The van der Waals surface area contributed by atoms with Crippen LogP contribution in [0.3, 0.4) is 0 Å². The lowest BCUT2D eigenvalue weighted by Gasteiger charge is -2.32. The fraction of sp³-hybridized carbons (Fsp3) is 0.368. The third kappa shape index (κ3) is 5.39. The van der Waals surface area contributed by atoms with Gasteiger partial charge in [0.05, 0.1) is 19.3 Å². The standard InChI is InChI=1S/C19H23FN6O4/c1-28-11-14-9-26(5-6-29-14)18-23-7-13(8-24-18)15-4-2-3-12(16(15)20)10-30-19(27)25-17(21)22/h2-4,7-8,14H,5-6,9-11H2,1H3,(H4,21,22,25,27). The van der Waals surface area contributed by atoms with Crippen molar-refractivity contribution in [1.29, 1.82) is 0 Å². The minimum atomic E-state index is -0.996. The van der Waals surface area contributed by atoms with Gasteiger partial charge in [-0.15, -0.1) is 4.99 Å². The summed E-state index contributed by atoms with van der Waals surface area (Å²) in [7, 11) is 1.62. The van der Waals surface area contributed by atoms with Crippen molar-refractivity contribution in [3.8, 4) is 11.1 Å². The van der Waals surface area contributed by atoms with E-state index in [1.807, 2.05) is 4.90 Å². The molecule has 1 amide bonds. The Hall–Kier alpha value is -3.31. The highest BCUT2D eigenvalue weighted by Gasteiger charge is 2.22. The minimum absolute atomic E-state index is 0.0529. The molecule has 0 saturated carbocycles. The molecule has 0 bridgehead atoms. The summed E-state index contributed by atoms with van der Waals surface area (Å²) in [5.74, 6) is -0.441. The maximum atomic E-state index is 14.9. The molecule has 10 nitrogen and oxygen atoms in total. The Balaban J connectivity index is 1.72. The molecule has 11 heteroatoms. The largest absolute Gasteiger partial charge is 0.443 e. The van der Waals surface area contributed by atoms with E-state index in [4.69, 9.17) is 25.7 Å². The molecule has 0 aliphatic carbocycles. The number of morpholine rings is 1. The first kappa shape index (κ1) is 21.4. The quantitative estimate of drug-likeness (QED) is 0.520. The third-order valence-corrected chi connectivity index (χ3v) is 4.37. The van der Waals surface area contributed by atoms with E-state index in [-0.39, 0.29) is 23.8 Å². The van der Waals surface area contributed by atoms with Crippen molar-refractivity contribution in [3.63, 3.8) is 0 Å². The molecule has 0 spiro atoms. The number of hydrogen-bond acceptors (Lipinski definition) is 7. The zero-order chi connectivity index (χ0) is 21.5. The molecule has 1 aliphatic rings. The summed E-state index contributed by atoms with van der Waals surface area (Å²) in [6, 6.07) is 4.74. The average Bonchev–Trinajstić information content (AvgIpc) is 2.73. The maximum absolute atomic E-state index is 14.9. The molecule has 2 aromatic rings. The lowest BCUT2D eigenvalue weighted by Crippen LogP contribution is -2.45. The summed E-state index contributed by atoms with van der Waals surface area (Å²) in [4.78, 5) is 25.4. The number of hydrogen-bond donors (Lipinski definition) is 2. The fourth-order valence-corrected chi connectivity index (χ4v) is 3.00. The van der Waals surface area contributed by atoms with Gasteiger partial charge in [-0.25, -0.2) is 19.2 Å². The molecule has 3 rings (SSSR count). The van der Waals surface area contributed by atoms with E-state index in [9.17, 15) is 9.18 Å². The number of aliphatic imine (C=N–C) groups is 1. The van der Waals surface area contributed by atoms with Crippen LogP contribution in [0.4, 0.5) is 15.1 Å². The highest BCUT2D eigenvalue weighted by Crippen LogP contribution is 2.25. The van der Waals surface area contributed by atoms with Gasteiger partial charge in [0.2, 0.25) is 5.95 Å². The zero-order valence-corrected chi connectivity index (χ0v) is 16.5. The van der Waals surface area contributed by atoms with Crippen LogP contribution in [0.1, 0.15) is 5.56 Å². The molecular weight excluding hydrogens is 395 g/mol.